The fraction of sp³-hybridized carbons (Fsp3) is 0.667. The molecule has 0 aliphatic carbocycles. The van der Waals surface area contributed by atoms with Crippen LogP contribution in [-0.2, 0) is 0 Å². The van der Waals surface area contributed by atoms with Gasteiger partial charge in [0, 0.05) is 6.04 Å². The van der Waals surface area contributed by atoms with Gasteiger partial charge in [0.05, 0.1) is 0 Å². The number of aromatic nitrogens is 3. The average molecular weight is 208 g/mol. The Morgan fingerprint density at radius 1 is 1.40 bits per heavy atom. The van der Waals surface area contributed by atoms with Gasteiger partial charge in [-0.15, -0.1) is 0 Å². The van der Waals surface area contributed by atoms with Crippen molar-refractivity contribution in [2.24, 2.45) is 0 Å². The molecule has 2 rings (SSSR count). The maximum absolute atomic E-state index is 5.48. The summed E-state index contributed by atoms with van der Waals surface area (Å²) in [6.45, 7) is 2.22. The zero-order valence-corrected chi connectivity index (χ0v) is 8.85. The summed E-state index contributed by atoms with van der Waals surface area (Å²) in [4.78, 5) is 14.1. The molecule has 1 saturated heterocycles. The van der Waals surface area contributed by atoms with Gasteiger partial charge in [-0.05, 0) is 33.0 Å². The van der Waals surface area contributed by atoms with E-state index in [9.17, 15) is 0 Å². The Morgan fingerprint density at radius 3 is 2.80 bits per heavy atom. The topological polar surface area (TPSA) is 80.0 Å². The van der Waals surface area contributed by atoms with E-state index in [0.29, 0.717) is 12.0 Å². The summed E-state index contributed by atoms with van der Waals surface area (Å²) >= 11 is 0. The Hall–Kier alpha value is -1.43. The maximum Gasteiger partial charge on any atom is 0.227 e. The summed E-state index contributed by atoms with van der Waals surface area (Å²) in [5.41, 5.74) is 5.48. The van der Waals surface area contributed by atoms with Crippen LogP contribution in [0.15, 0.2) is 6.33 Å². The van der Waals surface area contributed by atoms with Gasteiger partial charge in [-0.2, -0.15) is 4.98 Å². The molecule has 0 atom stereocenters. The van der Waals surface area contributed by atoms with Crippen molar-refractivity contribution < 1.29 is 0 Å². The van der Waals surface area contributed by atoms with E-state index in [1.165, 1.54) is 6.33 Å². The maximum atomic E-state index is 5.48. The van der Waals surface area contributed by atoms with Crippen molar-refractivity contribution >= 4 is 11.9 Å². The highest BCUT2D eigenvalue weighted by molar-refractivity contribution is 5.30. The van der Waals surface area contributed by atoms with Gasteiger partial charge in [-0.3, -0.25) is 0 Å². The molecule has 3 N–H and O–H groups in total. The van der Waals surface area contributed by atoms with Crippen LogP contribution >= 0.6 is 0 Å². The minimum absolute atomic E-state index is 0.264. The second-order valence-electron chi connectivity index (χ2n) is 3.89. The molecule has 82 valence electrons. The van der Waals surface area contributed by atoms with Crippen molar-refractivity contribution in [3.63, 3.8) is 0 Å². The highest BCUT2D eigenvalue weighted by atomic mass is 15.2. The van der Waals surface area contributed by atoms with Crippen molar-refractivity contribution in [2.75, 3.05) is 31.2 Å². The lowest BCUT2D eigenvalue weighted by Gasteiger charge is -2.29. The molecule has 1 fully saturated rings. The van der Waals surface area contributed by atoms with Crippen LogP contribution in [0.4, 0.5) is 11.9 Å². The van der Waals surface area contributed by atoms with Gasteiger partial charge < -0.3 is 16.0 Å². The quantitative estimate of drug-likeness (QED) is 0.710. The van der Waals surface area contributed by atoms with E-state index < -0.39 is 0 Å². The molecule has 6 heteroatoms. The van der Waals surface area contributed by atoms with Gasteiger partial charge in [-0.1, -0.05) is 0 Å². The number of nitrogens with one attached hydrogen (secondary N) is 1. The third-order valence-electron chi connectivity index (χ3n) is 2.64. The number of anilines is 2. The Labute approximate surface area is 88.9 Å². The summed E-state index contributed by atoms with van der Waals surface area (Å²) in [5, 5.41) is 3.27. The third-order valence-corrected chi connectivity index (χ3v) is 2.64. The van der Waals surface area contributed by atoms with Crippen LogP contribution in [0.1, 0.15) is 12.8 Å². The van der Waals surface area contributed by atoms with Gasteiger partial charge in [0.1, 0.15) is 6.33 Å². The Balaban J connectivity index is 1.92. The zero-order valence-electron chi connectivity index (χ0n) is 8.85. The predicted molar refractivity (Wildman–Crippen MR) is 58.4 cm³/mol. The molecule has 0 unspecified atom stereocenters. The fourth-order valence-corrected chi connectivity index (χ4v) is 1.71. The van der Waals surface area contributed by atoms with Gasteiger partial charge in [0.15, 0.2) is 0 Å². The molecule has 1 aromatic rings. The second-order valence-corrected chi connectivity index (χ2v) is 3.89. The number of hydrogen-bond acceptors (Lipinski definition) is 6. The summed E-state index contributed by atoms with van der Waals surface area (Å²) in [6, 6.07) is 0.447. The molecule has 0 amide bonds. The molecule has 0 radical (unpaired) electrons. The second kappa shape index (κ2) is 4.39. The van der Waals surface area contributed by atoms with E-state index in [0.717, 1.165) is 25.9 Å². The summed E-state index contributed by atoms with van der Waals surface area (Å²) < 4.78 is 0. The zero-order chi connectivity index (χ0) is 10.7. The molecular formula is C9H16N6. The van der Waals surface area contributed by atoms with E-state index in [1.807, 2.05) is 0 Å². The van der Waals surface area contributed by atoms with Crippen molar-refractivity contribution in [1.82, 2.24) is 19.9 Å². The lowest BCUT2D eigenvalue weighted by atomic mass is 10.1. The number of nitrogens with zero attached hydrogens (tertiary/aromatic N) is 4. The highest BCUT2D eigenvalue weighted by Crippen LogP contribution is 2.12. The lowest BCUT2D eigenvalue weighted by Crippen LogP contribution is -2.37. The Bertz CT molecular complexity index is 320. The van der Waals surface area contributed by atoms with Crippen LogP contribution in [0.3, 0.4) is 0 Å². The van der Waals surface area contributed by atoms with Crippen LogP contribution in [-0.4, -0.2) is 46.0 Å². The molecule has 0 bridgehead atoms. The molecular weight excluding hydrogens is 192 g/mol. The molecule has 0 saturated carbocycles. The highest BCUT2D eigenvalue weighted by Gasteiger charge is 2.16. The summed E-state index contributed by atoms with van der Waals surface area (Å²) in [7, 11) is 2.14. The monoisotopic (exact) mass is 208 g/mol. The number of rotatable bonds is 2. The molecule has 1 aliphatic heterocycles. The third kappa shape index (κ3) is 2.76. The molecule has 2 heterocycles. The minimum atomic E-state index is 0.264. The average Bonchev–Trinajstić information content (AvgIpc) is 2.22. The molecule has 6 nitrogen and oxygen atoms in total. The number of likely N-dealkylation sites (tertiary alicyclic amines) is 1. The van der Waals surface area contributed by atoms with E-state index >= 15 is 0 Å². The van der Waals surface area contributed by atoms with Gasteiger partial charge in [-0.25, -0.2) is 9.97 Å². The van der Waals surface area contributed by atoms with Gasteiger partial charge in [0.2, 0.25) is 11.9 Å². The standard InChI is InChI=1S/C9H16N6/c1-15-4-2-7(3-5-15)13-9-12-6-11-8(10)14-9/h6-7H,2-5H2,1H3,(H3,10,11,12,13,14). The van der Waals surface area contributed by atoms with Gasteiger partial charge >= 0.3 is 0 Å². The predicted octanol–water partition coefficient (Wildman–Crippen LogP) is -0.0401. The van der Waals surface area contributed by atoms with E-state index in [-0.39, 0.29) is 5.95 Å². The summed E-state index contributed by atoms with van der Waals surface area (Å²) in [5.74, 6) is 0.845. The normalized spacial score (nSPS) is 19.0. The first kappa shape index (κ1) is 10.1. The molecule has 0 spiro atoms. The first-order chi connectivity index (χ1) is 7.24. The number of hydrogen-bond donors (Lipinski definition) is 2. The van der Waals surface area contributed by atoms with Crippen LogP contribution < -0.4 is 11.1 Å². The lowest BCUT2D eigenvalue weighted by molar-refractivity contribution is 0.263. The van der Waals surface area contributed by atoms with E-state index in [4.69, 9.17) is 5.73 Å². The van der Waals surface area contributed by atoms with Gasteiger partial charge in [0.25, 0.3) is 0 Å². The van der Waals surface area contributed by atoms with Crippen LogP contribution in [0.2, 0.25) is 0 Å². The van der Waals surface area contributed by atoms with Crippen molar-refractivity contribution in [1.29, 1.82) is 0 Å². The van der Waals surface area contributed by atoms with Crippen molar-refractivity contribution in [3.8, 4) is 0 Å². The van der Waals surface area contributed by atoms with E-state index in [1.54, 1.807) is 0 Å². The minimum Gasteiger partial charge on any atom is -0.368 e. The Kier molecular flexibility index (Phi) is 2.96. The van der Waals surface area contributed by atoms with Crippen LogP contribution in [0.5, 0.6) is 0 Å². The number of nitrogens with two attached hydrogens (primary N) is 1. The number of piperidine rings is 1. The Morgan fingerprint density at radius 2 is 2.13 bits per heavy atom. The molecule has 15 heavy (non-hydrogen) atoms. The SMILES string of the molecule is CN1CCC(Nc2ncnc(N)n2)CC1. The summed E-state index contributed by atoms with van der Waals surface area (Å²) in [6.07, 6.45) is 3.66. The first-order valence-electron chi connectivity index (χ1n) is 5.13. The molecule has 1 aromatic heterocycles. The fourth-order valence-electron chi connectivity index (χ4n) is 1.71. The first-order valence-corrected chi connectivity index (χ1v) is 5.13. The van der Waals surface area contributed by atoms with Crippen LogP contribution in [0, 0.1) is 0 Å². The van der Waals surface area contributed by atoms with Crippen LogP contribution in [0.25, 0.3) is 0 Å². The smallest absolute Gasteiger partial charge is 0.227 e. The van der Waals surface area contributed by atoms with E-state index in [2.05, 4.69) is 32.2 Å². The number of nitrogen functional groups attached to an aromatic ring is 1. The molecule has 0 aromatic carbocycles. The van der Waals surface area contributed by atoms with Crippen molar-refractivity contribution in [2.45, 2.75) is 18.9 Å². The molecule has 1 aliphatic rings. The largest absolute Gasteiger partial charge is 0.368 e. The van der Waals surface area contributed by atoms with Crippen molar-refractivity contribution in [3.05, 3.63) is 6.33 Å².